The van der Waals surface area contributed by atoms with E-state index in [4.69, 9.17) is 5.73 Å². The van der Waals surface area contributed by atoms with E-state index in [-0.39, 0.29) is 6.04 Å². The second-order valence-corrected chi connectivity index (χ2v) is 5.03. The number of nitrogens with two attached hydrogens (primary N) is 1. The van der Waals surface area contributed by atoms with Crippen LogP contribution in [0.5, 0.6) is 0 Å². The molecule has 0 saturated carbocycles. The summed E-state index contributed by atoms with van der Waals surface area (Å²) in [7, 11) is 0. The van der Waals surface area contributed by atoms with Gasteiger partial charge in [0.2, 0.25) is 0 Å². The number of hydrogen-bond donors (Lipinski definition) is 1. The summed E-state index contributed by atoms with van der Waals surface area (Å²) in [5, 5.41) is 0. The average molecular weight is 291 g/mol. The van der Waals surface area contributed by atoms with Gasteiger partial charge in [0.1, 0.15) is 0 Å². The normalized spacial score (nSPS) is 12.4. The fraction of sp³-hybridized carbons (Fsp3) is 0.214. The maximum absolute atomic E-state index is 6.20. The number of benzene rings is 1. The number of rotatable bonds is 3. The van der Waals surface area contributed by atoms with Gasteiger partial charge in [-0.15, -0.1) is 0 Å². The van der Waals surface area contributed by atoms with Gasteiger partial charge in [-0.25, -0.2) is 0 Å². The fourth-order valence-corrected chi connectivity index (χ4v) is 2.13. The van der Waals surface area contributed by atoms with Gasteiger partial charge in [0.25, 0.3) is 0 Å². The van der Waals surface area contributed by atoms with Crippen LogP contribution in [0.3, 0.4) is 0 Å². The molecule has 0 aliphatic rings. The van der Waals surface area contributed by atoms with Gasteiger partial charge in [-0.2, -0.15) is 0 Å². The molecule has 1 atom stereocenters. The van der Waals surface area contributed by atoms with E-state index >= 15 is 0 Å². The molecule has 0 bridgehead atoms. The molecule has 0 aliphatic heterocycles. The van der Waals surface area contributed by atoms with Crippen molar-refractivity contribution in [2.45, 2.75) is 19.4 Å². The summed E-state index contributed by atoms with van der Waals surface area (Å²) in [6.07, 6.45) is 4.43. The monoisotopic (exact) mass is 290 g/mol. The van der Waals surface area contributed by atoms with Gasteiger partial charge in [-0.1, -0.05) is 28.1 Å². The maximum Gasteiger partial charge on any atom is 0.0336 e. The van der Waals surface area contributed by atoms with E-state index in [1.807, 2.05) is 12.1 Å². The van der Waals surface area contributed by atoms with E-state index in [0.29, 0.717) is 0 Å². The van der Waals surface area contributed by atoms with Crippen molar-refractivity contribution in [2.24, 2.45) is 5.73 Å². The van der Waals surface area contributed by atoms with Gasteiger partial charge in [-0.3, -0.25) is 4.98 Å². The molecule has 2 rings (SSSR count). The average Bonchev–Trinajstić information content (AvgIpc) is 2.34. The van der Waals surface area contributed by atoms with Crippen molar-refractivity contribution >= 4 is 15.9 Å². The Morgan fingerprint density at radius 1 is 1.24 bits per heavy atom. The third-order valence-electron chi connectivity index (χ3n) is 2.83. The standard InChI is InChI=1S/C14H15BrN2/c1-10-2-3-12(9-13(10)15)14(16)8-11-4-6-17-7-5-11/h2-7,9,14H,8,16H2,1H3. The minimum absolute atomic E-state index is 0.0225. The summed E-state index contributed by atoms with van der Waals surface area (Å²) in [6, 6.07) is 10.3. The highest BCUT2D eigenvalue weighted by atomic mass is 79.9. The van der Waals surface area contributed by atoms with E-state index in [0.717, 1.165) is 16.5 Å². The zero-order valence-corrected chi connectivity index (χ0v) is 11.3. The zero-order chi connectivity index (χ0) is 12.3. The molecule has 0 amide bonds. The van der Waals surface area contributed by atoms with Crippen LogP contribution >= 0.6 is 15.9 Å². The Labute approximate surface area is 110 Å². The van der Waals surface area contributed by atoms with Crippen molar-refractivity contribution in [2.75, 3.05) is 0 Å². The third kappa shape index (κ3) is 3.14. The lowest BCUT2D eigenvalue weighted by molar-refractivity contribution is 0.720. The Hall–Kier alpha value is -1.19. The molecule has 1 unspecified atom stereocenters. The van der Waals surface area contributed by atoms with Crippen molar-refractivity contribution < 1.29 is 0 Å². The van der Waals surface area contributed by atoms with Gasteiger partial charge < -0.3 is 5.73 Å². The summed E-state index contributed by atoms with van der Waals surface area (Å²) in [5.41, 5.74) is 9.80. The first-order valence-corrected chi connectivity index (χ1v) is 6.36. The summed E-state index contributed by atoms with van der Waals surface area (Å²) in [4.78, 5) is 4.00. The quantitative estimate of drug-likeness (QED) is 0.941. The van der Waals surface area contributed by atoms with Gasteiger partial charge >= 0.3 is 0 Å². The number of aryl methyl sites for hydroxylation is 1. The predicted molar refractivity (Wildman–Crippen MR) is 73.7 cm³/mol. The summed E-state index contributed by atoms with van der Waals surface area (Å²) < 4.78 is 1.11. The van der Waals surface area contributed by atoms with Crippen molar-refractivity contribution in [3.63, 3.8) is 0 Å². The van der Waals surface area contributed by atoms with E-state index in [2.05, 4.69) is 46.0 Å². The van der Waals surface area contributed by atoms with E-state index in [1.54, 1.807) is 12.4 Å². The largest absolute Gasteiger partial charge is 0.324 e. The molecule has 1 aromatic heterocycles. The molecular weight excluding hydrogens is 276 g/mol. The lowest BCUT2D eigenvalue weighted by Gasteiger charge is -2.13. The lowest BCUT2D eigenvalue weighted by Crippen LogP contribution is -2.13. The van der Waals surface area contributed by atoms with Gasteiger partial charge in [0.15, 0.2) is 0 Å². The maximum atomic E-state index is 6.20. The molecule has 2 N–H and O–H groups in total. The highest BCUT2D eigenvalue weighted by molar-refractivity contribution is 9.10. The Balaban J connectivity index is 2.14. The van der Waals surface area contributed by atoms with Crippen LogP contribution in [0.25, 0.3) is 0 Å². The second kappa shape index (κ2) is 5.43. The number of pyridine rings is 1. The summed E-state index contributed by atoms with van der Waals surface area (Å²) >= 11 is 3.53. The molecule has 17 heavy (non-hydrogen) atoms. The highest BCUT2D eigenvalue weighted by Gasteiger charge is 2.08. The topological polar surface area (TPSA) is 38.9 Å². The molecule has 2 nitrogen and oxygen atoms in total. The number of aromatic nitrogens is 1. The molecule has 0 fully saturated rings. The molecule has 0 saturated heterocycles. The third-order valence-corrected chi connectivity index (χ3v) is 3.68. The Kier molecular flexibility index (Phi) is 3.92. The van der Waals surface area contributed by atoms with Crippen molar-refractivity contribution in [3.8, 4) is 0 Å². The zero-order valence-electron chi connectivity index (χ0n) is 9.73. The minimum Gasteiger partial charge on any atom is -0.324 e. The number of hydrogen-bond acceptors (Lipinski definition) is 2. The Morgan fingerprint density at radius 2 is 1.94 bits per heavy atom. The lowest BCUT2D eigenvalue weighted by atomic mass is 9.99. The highest BCUT2D eigenvalue weighted by Crippen LogP contribution is 2.22. The molecule has 2 aromatic rings. The smallest absolute Gasteiger partial charge is 0.0336 e. The Bertz CT molecular complexity index is 497. The molecule has 1 aromatic carbocycles. The van der Waals surface area contributed by atoms with E-state index in [9.17, 15) is 0 Å². The molecule has 0 radical (unpaired) electrons. The molecule has 88 valence electrons. The molecule has 1 heterocycles. The van der Waals surface area contributed by atoms with Crippen LogP contribution in [0.15, 0.2) is 47.2 Å². The van der Waals surface area contributed by atoms with Crippen LogP contribution in [0.4, 0.5) is 0 Å². The summed E-state index contributed by atoms with van der Waals surface area (Å²) in [6.45, 7) is 2.07. The van der Waals surface area contributed by atoms with Crippen molar-refractivity contribution in [1.82, 2.24) is 4.98 Å². The Morgan fingerprint density at radius 3 is 2.59 bits per heavy atom. The molecule has 0 spiro atoms. The van der Waals surface area contributed by atoms with E-state index < -0.39 is 0 Å². The van der Waals surface area contributed by atoms with Crippen molar-refractivity contribution in [1.29, 1.82) is 0 Å². The van der Waals surface area contributed by atoms with Gasteiger partial charge in [-0.05, 0) is 48.2 Å². The minimum atomic E-state index is 0.0225. The molecular formula is C14H15BrN2. The van der Waals surface area contributed by atoms with Gasteiger partial charge in [0.05, 0.1) is 0 Å². The van der Waals surface area contributed by atoms with Gasteiger partial charge in [0, 0.05) is 22.9 Å². The van der Waals surface area contributed by atoms with Crippen LogP contribution in [0, 0.1) is 6.92 Å². The number of nitrogens with zero attached hydrogens (tertiary/aromatic N) is 1. The van der Waals surface area contributed by atoms with Crippen LogP contribution in [0.1, 0.15) is 22.7 Å². The predicted octanol–water partition coefficient (Wildman–Crippen LogP) is 3.40. The molecule has 0 aliphatic carbocycles. The first-order valence-electron chi connectivity index (χ1n) is 5.57. The first-order chi connectivity index (χ1) is 8.16. The molecule has 3 heteroatoms. The SMILES string of the molecule is Cc1ccc(C(N)Cc2ccncc2)cc1Br. The van der Waals surface area contributed by atoms with Crippen molar-refractivity contribution in [3.05, 3.63) is 63.9 Å². The second-order valence-electron chi connectivity index (χ2n) is 4.17. The fourth-order valence-electron chi connectivity index (χ4n) is 1.73. The van der Waals surface area contributed by atoms with E-state index in [1.165, 1.54) is 11.1 Å². The van der Waals surface area contributed by atoms with Crippen LogP contribution in [0.2, 0.25) is 0 Å². The van der Waals surface area contributed by atoms with Crippen LogP contribution in [-0.2, 0) is 6.42 Å². The summed E-state index contributed by atoms with van der Waals surface area (Å²) in [5.74, 6) is 0. The first kappa shape index (κ1) is 12.3. The van der Waals surface area contributed by atoms with Crippen LogP contribution < -0.4 is 5.73 Å². The van der Waals surface area contributed by atoms with Crippen LogP contribution in [-0.4, -0.2) is 4.98 Å². The number of halogens is 1.